The third-order valence-electron chi connectivity index (χ3n) is 8.98. The predicted molar refractivity (Wildman–Crippen MR) is 165 cm³/mol. The maximum Gasteiger partial charge on any atom is 0.307 e. The van der Waals surface area contributed by atoms with Gasteiger partial charge < -0.3 is 24.8 Å². The molecule has 0 radical (unpaired) electrons. The highest BCUT2D eigenvalue weighted by Gasteiger charge is 2.49. The van der Waals surface area contributed by atoms with E-state index in [-0.39, 0.29) is 25.3 Å². The molecule has 6 rings (SSSR count). The van der Waals surface area contributed by atoms with Crippen molar-refractivity contribution >= 4 is 29.1 Å². The SMILES string of the molecule is COC(=O)C[C@H](NC(=O)[C@@H]1C[C@@H](O)CN1C(=O)[C@H]1n2nnc(C3CC3)c2COCC1(C)C)c1ccc(-c2sc(C)nc2C)cc1. The van der Waals surface area contributed by atoms with Crippen LogP contribution in [0.2, 0.25) is 0 Å². The van der Waals surface area contributed by atoms with Crippen LogP contribution in [0, 0.1) is 19.3 Å². The van der Waals surface area contributed by atoms with E-state index in [2.05, 4.69) is 20.6 Å². The minimum absolute atomic E-state index is 0.00779. The molecule has 1 aromatic carbocycles. The van der Waals surface area contributed by atoms with Crippen molar-refractivity contribution in [2.24, 2.45) is 5.41 Å². The third kappa shape index (κ3) is 6.25. The molecule has 3 aliphatic rings. The molecule has 2 aromatic heterocycles. The average molecular weight is 637 g/mol. The second-order valence-corrected chi connectivity index (χ2v) is 14.2. The van der Waals surface area contributed by atoms with Crippen molar-refractivity contribution in [2.75, 3.05) is 20.3 Å². The summed E-state index contributed by atoms with van der Waals surface area (Å²) in [7, 11) is 1.30. The molecule has 2 amide bonds. The number of nitrogens with zero attached hydrogens (tertiary/aromatic N) is 5. The molecule has 12 nitrogen and oxygen atoms in total. The number of aliphatic hydroxyl groups excluding tert-OH is 1. The number of fused-ring (bicyclic) bond motifs is 1. The Labute approximate surface area is 266 Å². The van der Waals surface area contributed by atoms with Gasteiger partial charge in [-0.1, -0.05) is 43.3 Å². The Balaban J connectivity index is 1.25. The van der Waals surface area contributed by atoms with Crippen molar-refractivity contribution in [2.45, 2.75) is 90.1 Å². The van der Waals surface area contributed by atoms with Crippen LogP contribution in [0.3, 0.4) is 0 Å². The summed E-state index contributed by atoms with van der Waals surface area (Å²) in [6.45, 7) is 8.46. The molecule has 1 saturated heterocycles. The van der Waals surface area contributed by atoms with E-state index in [0.29, 0.717) is 19.1 Å². The average Bonchev–Trinajstić information content (AvgIpc) is 3.55. The van der Waals surface area contributed by atoms with Gasteiger partial charge in [-0.25, -0.2) is 9.67 Å². The molecule has 2 aliphatic heterocycles. The van der Waals surface area contributed by atoms with Gasteiger partial charge >= 0.3 is 5.97 Å². The van der Waals surface area contributed by atoms with Crippen LogP contribution >= 0.6 is 11.3 Å². The zero-order chi connectivity index (χ0) is 32.0. The lowest BCUT2D eigenvalue weighted by atomic mass is 9.84. The number of hydrogen-bond acceptors (Lipinski definition) is 10. The number of hydrogen-bond donors (Lipinski definition) is 2. The molecule has 4 atom stereocenters. The van der Waals surface area contributed by atoms with Gasteiger partial charge in [-0.05, 0) is 37.8 Å². The van der Waals surface area contributed by atoms with Crippen molar-refractivity contribution in [3.05, 3.63) is 51.9 Å². The molecular weight excluding hydrogens is 596 g/mol. The molecule has 13 heteroatoms. The van der Waals surface area contributed by atoms with E-state index in [0.717, 1.165) is 50.9 Å². The topological polar surface area (TPSA) is 149 Å². The minimum atomic E-state index is -0.940. The molecular formula is C32H40N6O6S. The van der Waals surface area contributed by atoms with E-state index in [1.807, 2.05) is 52.0 Å². The highest BCUT2D eigenvalue weighted by molar-refractivity contribution is 7.15. The van der Waals surface area contributed by atoms with Gasteiger partial charge in [0.05, 0.1) is 65.9 Å². The molecule has 0 bridgehead atoms. The number of likely N-dealkylation sites (tertiary alicyclic amines) is 1. The van der Waals surface area contributed by atoms with Crippen molar-refractivity contribution < 1.29 is 29.0 Å². The number of carbonyl (C=O) groups excluding carboxylic acids is 3. The molecule has 0 unspecified atom stereocenters. The van der Waals surface area contributed by atoms with Crippen LogP contribution in [0.5, 0.6) is 0 Å². The number of carbonyl (C=O) groups is 3. The Morgan fingerprint density at radius 1 is 1.20 bits per heavy atom. The van der Waals surface area contributed by atoms with E-state index in [1.54, 1.807) is 16.0 Å². The number of amides is 2. The van der Waals surface area contributed by atoms with Gasteiger partial charge in [-0.15, -0.1) is 16.4 Å². The number of thiazole rings is 1. The van der Waals surface area contributed by atoms with E-state index in [4.69, 9.17) is 9.47 Å². The van der Waals surface area contributed by atoms with E-state index < -0.39 is 41.5 Å². The van der Waals surface area contributed by atoms with Crippen LogP contribution in [0.4, 0.5) is 0 Å². The number of aromatic nitrogens is 4. The lowest BCUT2D eigenvalue weighted by Crippen LogP contribution is -2.51. The summed E-state index contributed by atoms with van der Waals surface area (Å²) >= 11 is 1.61. The number of aryl methyl sites for hydroxylation is 2. The molecule has 1 saturated carbocycles. The van der Waals surface area contributed by atoms with Crippen molar-refractivity contribution in [1.29, 1.82) is 0 Å². The first kappa shape index (κ1) is 31.3. The number of rotatable bonds is 8. The molecule has 3 aromatic rings. The van der Waals surface area contributed by atoms with Crippen LogP contribution in [-0.2, 0) is 30.5 Å². The summed E-state index contributed by atoms with van der Waals surface area (Å²) < 4.78 is 12.6. The van der Waals surface area contributed by atoms with Gasteiger partial charge in [0.2, 0.25) is 11.8 Å². The second-order valence-electron chi connectivity index (χ2n) is 13.0. The summed E-state index contributed by atoms with van der Waals surface area (Å²) in [5, 5.41) is 23.5. The molecule has 45 heavy (non-hydrogen) atoms. The van der Waals surface area contributed by atoms with Crippen LogP contribution < -0.4 is 5.32 Å². The number of β-amino-alcohol motifs (C(OH)–C–C–N with tert-alkyl or cyclic N) is 1. The Hall–Kier alpha value is -3.68. The van der Waals surface area contributed by atoms with Gasteiger partial charge in [0.15, 0.2) is 0 Å². The van der Waals surface area contributed by atoms with Crippen molar-refractivity contribution in [3.8, 4) is 10.4 Å². The second kappa shape index (κ2) is 12.3. The van der Waals surface area contributed by atoms with Gasteiger partial charge in [-0.3, -0.25) is 14.4 Å². The number of esters is 1. The Morgan fingerprint density at radius 2 is 1.93 bits per heavy atom. The van der Waals surface area contributed by atoms with Crippen molar-refractivity contribution in [1.82, 2.24) is 30.2 Å². The lowest BCUT2D eigenvalue weighted by molar-refractivity contribution is -0.146. The first-order chi connectivity index (χ1) is 21.5. The maximum absolute atomic E-state index is 14.4. The van der Waals surface area contributed by atoms with Crippen LogP contribution in [-0.4, -0.2) is 80.2 Å². The first-order valence-electron chi connectivity index (χ1n) is 15.4. The van der Waals surface area contributed by atoms with E-state index >= 15 is 0 Å². The number of ether oxygens (including phenoxy) is 2. The first-order valence-corrected chi connectivity index (χ1v) is 16.2. The van der Waals surface area contributed by atoms with E-state index in [1.165, 1.54) is 12.0 Å². The quantitative estimate of drug-likeness (QED) is 0.355. The van der Waals surface area contributed by atoms with E-state index in [9.17, 15) is 19.5 Å². The zero-order valence-corrected chi connectivity index (χ0v) is 27.1. The van der Waals surface area contributed by atoms with Gasteiger partial charge in [0, 0.05) is 24.3 Å². The highest BCUT2D eigenvalue weighted by Crippen LogP contribution is 2.44. The summed E-state index contributed by atoms with van der Waals surface area (Å²) in [6, 6.07) is 5.23. The molecule has 0 spiro atoms. The molecule has 2 fully saturated rings. The lowest BCUT2D eigenvalue weighted by Gasteiger charge is -2.35. The standard InChI is InChI=1S/C32H40N6O6S/c1-17-28(45-18(2)33-17)21-10-6-19(7-11-21)23(13-26(40)43-5)34-30(41)24-12-22(39)14-37(24)31(42)29-32(3,4)16-44-15-25-27(20-8-9-20)35-36-38(25)29/h6-7,10-11,20,22-24,29,39H,8-9,12-16H2,1-5H3,(H,34,41)/t22-,23+,24+,29-/m1/s1. The van der Waals surface area contributed by atoms with Crippen LogP contribution in [0.15, 0.2) is 24.3 Å². The summed E-state index contributed by atoms with van der Waals surface area (Å²) in [4.78, 5) is 47.8. The number of aliphatic hydroxyl groups is 1. The summed E-state index contributed by atoms with van der Waals surface area (Å²) in [5.41, 5.74) is 3.67. The van der Waals surface area contributed by atoms with Gasteiger partial charge in [0.1, 0.15) is 12.1 Å². The summed E-state index contributed by atoms with van der Waals surface area (Å²) in [6.07, 6.45) is 1.18. The minimum Gasteiger partial charge on any atom is -0.469 e. The smallest absolute Gasteiger partial charge is 0.307 e. The maximum atomic E-state index is 14.4. The number of benzene rings is 1. The Bertz CT molecular complexity index is 1600. The molecule has 240 valence electrons. The van der Waals surface area contributed by atoms with Gasteiger partial charge in [-0.2, -0.15) is 0 Å². The zero-order valence-electron chi connectivity index (χ0n) is 26.3. The highest BCUT2D eigenvalue weighted by atomic mass is 32.1. The third-order valence-corrected chi connectivity index (χ3v) is 10.1. The monoisotopic (exact) mass is 636 g/mol. The fraction of sp³-hybridized carbons (Fsp3) is 0.562. The normalized spacial score (nSPS) is 23.2. The van der Waals surface area contributed by atoms with Gasteiger partial charge in [0.25, 0.3) is 0 Å². The fourth-order valence-corrected chi connectivity index (χ4v) is 7.43. The number of nitrogens with one attached hydrogen (secondary N) is 1. The largest absolute Gasteiger partial charge is 0.469 e. The Kier molecular flexibility index (Phi) is 8.53. The fourth-order valence-electron chi connectivity index (χ4n) is 6.51. The van der Waals surface area contributed by atoms with Crippen molar-refractivity contribution in [3.63, 3.8) is 0 Å². The van der Waals surface area contributed by atoms with Crippen LogP contribution in [0.1, 0.15) is 85.2 Å². The number of methoxy groups -OCH3 is 1. The molecule has 2 N–H and O–H groups in total. The van der Waals surface area contributed by atoms with Crippen LogP contribution in [0.25, 0.3) is 10.4 Å². The Morgan fingerprint density at radius 3 is 2.58 bits per heavy atom. The summed E-state index contributed by atoms with van der Waals surface area (Å²) in [5.74, 6) is -0.924. The molecule has 4 heterocycles. The molecule has 1 aliphatic carbocycles. The predicted octanol–water partition coefficient (Wildman–Crippen LogP) is 3.38.